The maximum atomic E-state index is 14.7. The average Bonchev–Trinajstić information content (AvgIpc) is 2.93. The van der Waals surface area contributed by atoms with Crippen molar-refractivity contribution in [2.45, 2.75) is 126 Å². The maximum Gasteiger partial charge on any atom is 0.302 e. The molecule has 0 spiro atoms. The quantitative estimate of drug-likeness (QED) is 0.351. The molecule has 4 saturated carbocycles. The largest absolute Gasteiger partial charge is 0.462 e. The number of benzene rings is 1. The van der Waals surface area contributed by atoms with Crippen LogP contribution in [0.1, 0.15) is 119 Å². The first kappa shape index (κ1) is 31.5. The number of amides is 1. The highest BCUT2D eigenvalue weighted by Gasteiger charge is 2.70. The lowest BCUT2D eigenvalue weighted by Gasteiger charge is -2.70. The van der Waals surface area contributed by atoms with Crippen molar-refractivity contribution in [3.8, 4) is 0 Å². The van der Waals surface area contributed by atoms with E-state index in [-0.39, 0.29) is 56.9 Å². The van der Waals surface area contributed by atoms with Crippen molar-refractivity contribution in [1.82, 2.24) is 0 Å². The number of hydrogen-bond acceptors (Lipinski definition) is 4. The van der Waals surface area contributed by atoms with E-state index in [1.165, 1.54) is 12.5 Å². The monoisotopic (exact) mass is 601 g/mol. The molecule has 1 aromatic carbocycles. The molecular weight excluding hydrogens is 546 g/mol. The van der Waals surface area contributed by atoms with E-state index in [0.29, 0.717) is 11.7 Å². The number of carbonyl (C=O) groups is 3. The number of allylic oxidation sites excluding steroid dienone is 2. The Bertz CT molecular complexity index is 1430. The zero-order valence-corrected chi connectivity index (χ0v) is 28.7. The lowest BCUT2D eigenvalue weighted by Crippen LogP contribution is -2.66. The summed E-state index contributed by atoms with van der Waals surface area (Å²) in [4.78, 5) is 40.6. The first-order valence-electron chi connectivity index (χ1n) is 17.2. The van der Waals surface area contributed by atoms with Gasteiger partial charge in [-0.25, -0.2) is 0 Å². The predicted octanol–water partition coefficient (Wildman–Crippen LogP) is 8.85. The number of carbonyl (C=O) groups excluding carboxylic acids is 3. The number of anilines is 1. The van der Waals surface area contributed by atoms with E-state index in [4.69, 9.17) is 4.74 Å². The number of aryl methyl sites for hydroxylation is 1. The van der Waals surface area contributed by atoms with Gasteiger partial charge in [-0.3, -0.25) is 14.4 Å². The van der Waals surface area contributed by atoms with Gasteiger partial charge in [-0.1, -0.05) is 72.2 Å². The SMILES string of the molecule is CC(=O)O[C@@H]1CC[C@]2(C)[C@H](CC[C@]3(C)[C@@H]2C(=O)C=C2[C@@H]4C[C@](C)(C(=O)Nc5ccccc5C)CC[C@]4(C)CC[C@@]23C)C1(C)C. The van der Waals surface area contributed by atoms with Gasteiger partial charge in [0.1, 0.15) is 6.10 Å². The van der Waals surface area contributed by atoms with Crippen LogP contribution in [0.4, 0.5) is 5.69 Å². The summed E-state index contributed by atoms with van der Waals surface area (Å²) in [5.41, 5.74) is 2.32. The van der Waals surface area contributed by atoms with Crippen LogP contribution in [0.2, 0.25) is 0 Å². The molecule has 1 aromatic rings. The summed E-state index contributed by atoms with van der Waals surface area (Å²) < 4.78 is 5.88. The Morgan fingerprint density at radius 2 is 1.57 bits per heavy atom. The zero-order valence-electron chi connectivity index (χ0n) is 28.7. The van der Waals surface area contributed by atoms with Crippen molar-refractivity contribution in [3.63, 3.8) is 0 Å². The zero-order chi connectivity index (χ0) is 32.1. The Kier molecular flexibility index (Phi) is 7.19. The summed E-state index contributed by atoms with van der Waals surface area (Å²) in [6, 6.07) is 8.01. The number of ether oxygens (including phenoxy) is 1. The highest BCUT2D eigenvalue weighted by molar-refractivity contribution is 5.97. The Labute approximate surface area is 265 Å². The van der Waals surface area contributed by atoms with Gasteiger partial charge in [0, 0.05) is 29.4 Å². The Hall–Kier alpha value is -2.43. The molecule has 5 aliphatic rings. The fourth-order valence-corrected chi connectivity index (χ4v) is 11.8. The summed E-state index contributed by atoms with van der Waals surface area (Å²) in [5, 5.41) is 3.27. The molecule has 0 radical (unpaired) electrons. The number of esters is 1. The van der Waals surface area contributed by atoms with E-state index >= 15 is 0 Å². The van der Waals surface area contributed by atoms with E-state index in [2.05, 4.69) is 59.9 Å². The van der Waals surface area contributed by atoms with E-state index < -0.39 is 5.41 Å². The molecule has 1 N–H and O–H groups in total. The van der Waals surface area contributed by atoms with Gasteiger partial charge in [-0.05, 0) is 116 Å². The summed E-state index contributed by atoms with van der Waals surface area (Å²) in [7, 11) is 0. The van der Waals surface area contributed by atoms with Crippen molar-refractivity contribution in [1.29, 1.82) is 0 Å². The van der Waals surface area contributed by atoms with Crippen molar-refractivity contribution in [2.24, 2.45) is 50.2 Å². The fourth-order valence-electron chi connectivity index (χ4n) is 11.8. The topological polar surface area (TPSA) is 72.5 Å². The van der Waals surface area contributed by atoms with Gasteiger partial charge < -0.3 is 10.1 Å². The number of fused-ring (bicyclic) bond motifs is 7. The standard InChI is InChI=1S/C39H55NO4/c1-24-12-10-11-13-28(24)40-33(43)36(6)19-18-35(5)20-21-38(8)26(27(35)23-36)22-29(42)32-37(7)16-15-31(44-25(2)41)34(3,4)30(37)14-17-39(32,38)9/h10-13,22,27,30-32H,14-21,23H2,1-9H3,(H,40,43)/t27-,30+,31+,32+,35+,36+,37+,38-,39+/m0/s1. The normalized spacial score (nSPS) is 44.2. The minimum atomic E-state index is -0.491. The molecule has 1 amide bonds. The molecule has 5 heteroatoms. The van der Waals surface area contributed by atoms with Crippen LogP contribution in [0.25, 0.3) is 0 Å². The van der Waals surface area contributed by atoms with Gasteiger partial charge in [-0.15, -0.1) is 0 Å². The minimum absolute atomic E-state index is 0.0521. The van der Waals surface area contributed by atoms with Gasteiger partial charge in [0.05, 0.1) is 0 Å². The molecule has 0 aromatic heterocycles. The smallest absolute Gasteiger partial charge is 0.302 e. The number of ketones is 1. The first-order valence-corrected chi connectivity index (χ1v) is 17.2. The molecule has 0 saturated heterocycles. The Balaban J connectivity index is 1.35. The van der Waals surface area contributed by atoms with Crippen molar-refractivity contribution >= 4 is 23.3 Å². The van der Waals surface area contributed by atoms with Crippen molar-refractivity contribution in [2.75, 3.05) is 5.32 Å². The molecule has 9 atom stereocenters. The first-order chi connectivity index (χ1) is 20.4. The van der Waals surface area contributed by atoms with E-state index in [0.717, 1.165) is 69.0 Å². The molecule has 0 unspecified atom stereocenters. The highest BCUT2D eigenvalue weighted by Crippen LogP contribution is 2.75. The molecule has 0 bridgehead atoms. The number of para-hydroxylation sites is 1. The highest BCUT2D eigenvalue weighted by atomic mass is 16.5. The molecule has 6 rings (SSSR count). The minimum Gasteiger partial charge on any atom is -0.462 e. The van der Waals surface area contributed by atoms with E-state index in [1.54, 1.807) is 0 Å². The van der Waals surface area contributed by atoms with E-state index in [1.807, 2.05) is 31.2 Å². The van der Waals surface area contributed by atoms with Crippen LogP contribution in [0.3, 0.4) is 0 Å². The van der Waals surface area contributed by atoms with Crippen molar-refractivity contribution in [3.05, 3.63) is 41.5 Å². The van der Waals surface area contributed by atoms with Crippen LogP contribution in [-0.4, -0.2) is 23.8 Å². The average molecular weight is 602 g/mol. The molecule has 0 heterocycles. The summed E-state index contributed by atoms with van der Waals surface area (Å²) in [6.07, 6.45) is 10.6. The van der Waals surface area contributed by atoms with Gasteiger partial charge in [0.2, 0.25) is 5.91 Å². The predicted molar refractivity (Wildman–Crippen MR) is 175 cm³/mol. The summed E-state index contributed by atoms with van der Waals surface area (Å²) in [5.74, 6) is 0.668. The molecule has 240 valence electrons. The Morgan fingerprint density at radius 3 is 2.25 bits per heavy atom. The van der Waals surface area contributed by atoms with E-state index in [9.17, 15) is 14.4 Å². The summed E-state index contributed by atoms with van der Waals surface area (Å²) in [6.45, 7) is 19.9. The van der Waals surface area contributed by atoms with Gasteiger partial charge in [0.15, 0.2) is 5.78 Å². The Morgan fingerprint density at radius 1 is 0.886 bits per heavy atom. The molecule has 4 fully saturated rings. The van der Waals surface area contributed by atoms with Gasteiger partial charge in [0.25, 0.3) is 0 Å². The maximum absolute atomic E-state index is 14.7. The van der Waals surface area contributed by atoms with Crippen LogP contribution in [0, 0.1) is 57.2 Å². The molecular formula is C39H55NO4. The van der Waals surface area contributed by atoms with Gasteiger partial charge >= 0.3 is 5.97 Å². The fraction of sp³-hybridized carbons (Fsp3) is 0.718. The molecule has 5 nitrogen and oxygen atoms in total. The molecule has 0 aliphatic heterocycles. The third-order valence-electron chi connectivity index (χ3n) is 14.8. The van der Waals surface area contributed by atoms with Crippen LogP contribution < -0.4 is 5.32 Å². The van der Waals surface area contributed by atoms with Crippen molar-refractivity contribution < 1.29 is 19.1 Å². The van der Waals surface area contributed by atoms with Gasteiger partial charge in [-0.2, -0.15) is 0 Å². The van der Waals surface area contributed by atoms with Crippen LogP contribution in [-0.2, 0) is 19.1 Å². The van der Waals surface area contributed by atoms with Crippen LogP contribution in [0.15, 0.2) is 35.9 Å². The molecule has 44 heavy (non-hydrogen) atoms. The summed E-state index contributed by atoms with van der Waals surface area (Å²) >= 11 is 0. The van der Waals surface area contributed by atoms with Crippen LogP contribution >= 0.6 is 0 Å². The number of rotatable bonds is 3. The lowest BCUT2D eigenvalue weighted by molar-refractivity contribution is -0.210. The van der Waals surface area contributed by atoms with Crippen LogP contribution in [0.5, 0.6) is 0 Å². The number of nitrogens with one attached hydrogen (secondary N) is 1. The third-order valence-corrected chi connectivity index (χ3v) is 14.8. The second kappa shape index (κ2) is 10.0. The second-order valence-corrected chi connectivity index (χ2v) is 17.5. The molecule has 5 aliphatic carbocycles. The lowest BCUT2D eigenvalue weighted by atomic mass is 9.33. The second-order valence-electron chi connectivity index (χ2n) is 17.5. The third kappa shape index (κ3) is 4.33. The number of hydrogen-bond donors (Lipinski definition) is 1.